The first-order chi connectivity index (χ1) is 10.5. The van der Waals surface area contributed by atoms with Gasteiger partial charge in [0.25, 0.3) is 10.0 Å². The molecule has 2 rings (SSSR count). The Morgan fingerprint density at radius 3 is 2.41 bits per heavy atom. The monoisotopic (exact) mass is 339 g/mol. The summed E-state index contributed by atoms with van der Waals surface area (Å²) in [6.07, 6.45) is 1.89. The van der Waals surface area contributed by atoms with E-state index in [0.29, 0.717) is 11.4 Å². The van der Waals surface area contributed by atoms with E-state index in [-0.39, 0.29) is 10.6 Å². The Bertz CT molecular complexity index is 760. The molecule has 2 aromatic rings. The molecule has 0 saturated carbocycles. The van der Waals surface area contributed by atoms with Gasteiger partial charge >= 0.3 is 0 Å². The fourth-order valence-corrected chi connectivity index (χ4v) is 3.78. The normalized spacial score (nSPS) is 11.0. The molecule has 0 bridgehead atoms. The molecule has 118 valence electrons. The van der Waals surface area contributed by atoms with Crippen molar-refractivity contribution in [3.63, 3.8) is 0 Å². The lowest BCUT2D eigenvalue weighted by molar-refractivity contribution is 0.386. The second-order valence-corrected chi connectivity index (χ2v) is 6.82. The molecule has 0 saturated heterocycles. The molecule has 0 aliphatic carbocycles. The number of nitrogens with one attached hydrogen (secondary N) is 1. The van der Waals surface area contributed by atoms with Crippen LogP contribution in [0, 0.1) is 0 Å². The van der Waals surface area contributed by atoms with Gasteiger partial charge < -0.3 is 9.47 Å². The molecule has 0 aromatic heterocycles. The lowest BCUT2D eigenvalue weighted by Crippen LogP contribution is -2.14. The Kier molecular flexibility index (Phi) is 5.20. The van der Waals surface area contributed by atoms with Crippen LogP contribution in [0.4, 0.5) is 5.69 Å². The molecule has 0 aliphatic rings. The van der Waals surface area contributed by atoms with Gasteiger partial charge in [0.1, 0.15) is 16.4 Å². The number of rotatable bonds is 6. The standard InChI is InChI=1S/C15H17NO4S2/c1-19-11-8-9-15(13(10-11)20-2)22(17,18)16-12-6-4-5-7-14(12)21-3/h4-10,16H,1-3H3. The van der Waals surface area contributed by atoms with Gasteiger partial charge in [0.15, 0.2) is 0 Å². The highest BCUT2D eigenvalue weighted by atomic mass is 32.2. The van der Waals surface area contributed by atoms with Gasteiger partial charge in [-0.05, 0) is 30.5 Å². The number of thioether (sulfide) groups is 1. The molecular weight excluding hydrogens is 322 g/mol. The zero-order chi connectivity index (χ0) is 16.2. The molecule has 0 unspecified atom stereocenters. The van der Waals surface area contributed by atoms with Crippen LogP contribution in [-0.4, -0.2) is 28.9 Å². The van der Waals surface area contributed by atoms with E-state index in [1.54, 1.807) is 18.2 Å². The summed E-state index contributed by atoms with van der Waals surface area (Å²) in [4.78, 5) is 0.908. The van der Waals surface area contributed by atoms with E-state index < -0.39 is 10.0 Å². The average Bonchev–Trinajstić information content (AvgIpc) is 2.54. The number of methoxy groups -OCH3 is 2. The minimum atomic E-state index is -3.76. The first-order valence-electron chi connectivity index (χ1n) is 6.39. The second kappa shape index (κ2) is 6.93. The topological polar surface area (TPSA) is 64.6 Å². The number of benzene rings is 2. The highest BCUT2D eigenvalue weighted by Gasteiger charge is 2.21. The van der Waals surface area contributed by atoms with Crippen LogP contribution >= 0.6 is 11.8 Å². The van der Waals surface area contributed by atoms with Crippen LogP contribution in [0.15, 0.2) is 52.3 Å². The molecule has 0 spiro atoms. The molecule has 5 nitrogen and oxygen atoms in total. The lowest BCUT2D eigenvalue weighted by Gasteiger charge is -2.14. The van der Waals surface area contributed by atoms with Gasteiger partial charge in [-0.1, -0.05) is 12.1 Å². The maximum atomic E-state index is 12.6. The summed E-state index contributed by atoms with van der Waals surface area (Å²) in [6.45, 7) is 0. The number of hydrogen-bond acceptors (Lipinski definition) is 5. The van der Waals surface area contributed by atoms with Gasteiger partial charge in [0.2, 0.25) is 0 Å². The zero-order valence-corrected chi connectivity index (χ0v) is 14.1. The Morgan fingerprint density at radius 2 is 1.77 bits per heavy atom. The number of hydrogen-bond donors (Lipinski definition) is 1. The fraction of sp³-hybridized carbons (Fsp3) is 0.200. The number of para-hydroxylation sites is 1. The van der Waals surface area contributed by atoms with Gasteiger partial charge in [-0.25, -0.2) is 8.42 Å². The Morgan fingerprint density at radius 1 is 1.05 bits per heavy atom. The van der Waals surface area contributed by atoms with Crippen molar-refractivity contribution < 1.29 is 17.9 Å². The summed E-state index contributed by atoms with van der Waals surface area (Å²) in [5, 5.41) is 0. The molecule has 0 aliphatic heterocycles. The Labute approximate surface area is 134 Å². The van der Waals surface area contributed by atoms with Gasteiger partial charge in [0.05, 0.1) is 19.9 Å². The van der Waals surface area contributed by atoms with E-state index in [9.17, 15) is 8.42 Å². The summed E-state index contributed by atoms with van der Waals surface area (Å²) in [7, 11) is -0.827. The van der Waals surface area contributed by atoms with Crippen molar-refractivity contribution in [2.45, 2.75) is 9.79 Å². The molecule has 0 heterocycles. The quantitative estimate of drug-likeness (QED) is 0.819. The first-order valence-corrected chi connectivity index (χ1v) is 9.10. The van der Waals surface area contributed by atoms with Gasteiger partial charge in [0, 0.05) is 11.0 Å². The van der Waals surface area contributed by atoms with E-state index >= 15 is 0 Å². The molecule has 0 radical (unpaired) electrons. The second-order valence-electron chi connectivity index (χ2n) is 4.32. The van der Waals surface area contributed by atoms with Crippen LogP contribution < -0.4 is 14.2 Å². The molecule has 1 N–H and O–H groups in total. The number of ether oxygens (including phenoxy) is 2. The van der Waals surface area contributed by atoms with Crippen LogP contribution in [0.2, 0.25) is 0 Å². The predicted molar refractivity (Wildman–Crippen MR) is 88.6 cm³/mol. The lowest BCUT2D eigenvalue weighted by atomic mass is 10.3. The van der Waals surface area contributed by atoms with Gasteiger partial charge in [-0.2, -0.15) is 0 Å². The maximum Gasteiger partial charge on any atom is 0.265 e. The van der Waals surface area contributed by atoms with E-state index in [0.717, 1.165) is 4.90 Å². The average molecular weight is 339 g/mol. The van der Waals surface area contributed by atoms with Crippen molar-refractivity contribution >= 4 is 27.5 Å². The van der Waals surface area contributed by atoms with E-state index in [1.807, 2.05) is 18.4 Å². The summed E-state index contributed by atoms with van der Waals surface area (Å²) in [5.41, 5.74) is 0.535. The molecule has 7 heteroatoms. The van der Waals surface area contributed by atoms with Gasteiger partial charge in [-0.3, -0.25) is 4.72 Å². The number of anilines is 1. The van der Waals surface area contributed by atoms with Crippen LogP contribution in [-0.2, 0) is 10.0 Å². The van der Waals surface area contributed by atoms with Crippen molar-refractivity contribution in [1.82, 2.24) is 0 Å². The van der Waals surface area contributed by atoms with E-state index in [1.165, 1.54) is 38.1 Å². The van der Waals surface area contributed by atoms with Crippen LogP contribution in [0.25, 0.3) is 0 Å². The van der Waals surface area contributed by atoms with Crippen LogP contribution in [0.5, 0.6) is 11.5 Å². The minimum absolute atomic E-state index is 0.0618. The molecule has 0 atom stereocenters. The van der Waals surface area contributed by atoms with Crippen molar-refractivity contribution in [3.8, 4) is 11.5 Å². The molecule has 0 amide bonds. The van der Waals surface area contributed by atoms with Crippen molar-refractivity contribution in [1.29, 1.82) is 0 Å². The van der Waals surface area contributed by atoms with Crippen molar-refractivity contribution in [2.24, 2.45) is 0 Å². The highest BCUT2D eigenvalue weighted by molar-refractivity contribution is 7.99. The Balaban J connectivity index is 2.42. The molecule has 22 heavy (non-hydrogen) atoms. The minimum Gasteiger partial charge on any atom is -0.497 e. The third kappa shape index (κ3) is 3.48. The third-order valence-corrected chi connectivity index (χ3v) is 5.21. The highest BCUT2D eigenvalue weighted by Crippen LogP contribution is 2.32. The zero-order valence-electron chi connectivity index (χ0n) is 12.5. The van der Waals surface area contributed by atoms with Crippen molar-refractivity contribution in [3.05, 3.63) is 42.5 Å². The largest absolute Gasteiger partial charge is 0.497 e. The third-order valence-electron chi connectivity index (χ3n) is 3.01. The smallest absolute Gasteiger partial charge is 0.265 e. The summed E-state index contributed by atoms with van der Waals surface area (Å²) >= 11 is 1.47. The van der Waals surface area contributed by atoms with E-state index in [2.05, 4.69) is 4.72 Å². The first kappa shape index (κ1) is 16.5. The molecular formula is C15H17NO4S2. The molecule has 0 fully saturated rings. The van der Waals surface area contributed by atoms with Gasteiger partial charge in [-0.15, -0.1) is 11.8 Å². The predicted octanol–water partition coefficient (Wildman–Crippen LogP) is 3.23. The number of sulfonamides is 1. The van der Waals surface area contributed by atoms with Crippen LogP contribution in [0.1, 0.15) is 0 Å². The Hall–Kier alpha value is -1.86. The summed E-state index contributed by atoms with van der Waals surface area (Å²) in [5.74, 6) is 0.758. The summed E-state index contributed by atoms with van der Waals surface area (Å²) < 4.78 is 38.1. The summed E-state index contributed by atoms with van der Waals surface area (Å²) in [6, 6.07) is 11.8. The van der Waals surface area contributed by atoms with Crippen molar-refractivity contribution in [2.75, 3.05) is 25.2 Å². The van der Waals surface area contributed by atoms with Crippen LogP contribution in [0.3, 0.4) is 0 Å². The molecule has 2 aromatic carbocycles. The van der Waals surface area contributed by atoms with E-state index in [4.69, 9.17) is 9.47 Å². The SMILES string of the molecule is COc1ccc(S(=O)(=O)Nc2ccccc2SC)c(OC)c1. The maximum absolute atomic E-state index is 12.6. The fourth-order valence-electron chi connectivity index (χ4n) is 1.93.